The zero-order valence-corrected chi connectivity index (χ0v) is 12.7. The van der Waals surface area contributed by atoms with Crippen LogP contribution in [0.5, 0.6) is 0 Å². The Labute approximate surface area is 131 Å². The highest BCUT2D eigenvalue weighted by molar-refractivity contribution is 5.75. The number of nitrogens with zero attached hydrogens (tertiary/aromatic N) is 3. The second kappa shape index (κ2) is 5.93. The molecular weight excluding hydrogens is 270 g/mol. The molecule has 0 bridgehead atoms. The fourth-order valence-corrected chi connectivity index (χ4v) is 3.47. The van der Waals surface area contributed by atoms with Gasteiger partial charge in [-0.25, -0.2) is 4.98 Å². The molecule has 4 rings (SSSR count). The molecule has 1 saturated heterocycles. The van der Waals surface area contributed by atoms with Gasteiger partial charge in [0.25, 0.3) is 0 Å². The highest BCUT2D eigenvalue weighted by Crippen LogP contribution is 2.27. The average Bonchev–Trinajstić information content (AvgIpc) is 3.01. The van der Waals surface area contributed by atoms with Gasteiger partial charge >= 0.3 is 0 Å². The van der Waals surface area contributed by atoms with E-state index < -0.39 is 0 Å². The van der Waals surface area contributed by atoms with Crippen molar-refractivity contribution >= 4 is 11.0 Å². The fourth-order valence-electron chi connectivity index (χ4n) is 3.47. The van der Waals surface area contributed by atoms with E-state index in [0.29, 0.717) is 6.04 Å². The molecule has 2 aromatic carbocycles. The molecule has 0 spiro atoms. The quantitative estimate of drug-likeness (QED) is 0.730. The largest absolute Gasteiger partial charge is 0.327 e. The first-order valence-electron chi connectivity index (χ1n) is 8.08. The van der Waals surface area contributed by atoms with Crippen molar-refractivity contribution in [3.63, 3.8) is 0 Å². The molecule has 0 saturated carbocycles. The third kappa shape index (κ3) is 2.64. The van der Waals surface area contributed by atoms with Gasteiger partial charge in [-0.1, -0.05) is 42.5 Å². The highest BCUT2D eigenvalue weighted by Gasteiger charge is 2.21. The van der Waals surface area contributed by atoms with Crippen LogP contribution in [0.3, 0.4) is 0 Å². The SMILES string of the molecule is c1ccc(CN2CCC(n3cnc4ccccc43)CC2)cc1. The Morgan fingerprint density at radius 2 is 1.64 bits per heavy atom. The minimum absolute atomic E-state index is 0.583. The zero-order valence-electron chi connectivity index (χ0n) is 12.7. The molecule has 1 aliphatic heterocycles. The number of likely N-dealkylation sites (tertiary alicyclic amines) is 1. The maximum atomic E-state index is 4.53. The van der Waals surface area contributed by atoms with Gasteiger partial charge in [0.05, 0.1) is 17.4 Å². The van der Waals surface area contributed by atoms with Crippen molar-refractivity contribution in [2.45, 2.75) is 25.4 Å². The topological polar surface area (TPSA) is 21.1 Å². The first-order chi connectivity index (χ1) is 10.9. The van der Waals surface area contributed by atoms with Gasteiger partial charge in [0.1, 0.15) is 0 Å². The lowest BCUT2D eigenvalue weighted by molar-refractivity contribution is 0.181. The number of hydrogen-bond donors (Lipinski definition) is 0. The van der Waals surface area contributed by atoms with E-state index in [1.165, 1.54) is 23.9 Å². The summed E-state index contributed by atoms with van der Waals surface area (Å²) in [6, 6.07) is 19.8. The van der Waals surface area contributed by atoms with E-state index in [1.807, 2.05) is 6.33 Å². The van der Waals surface area contributed by atoms with Gasteiger partial charge in [0.15, 0.2) is 0 Å². The highest BCUT2D eigenvalue weighted by atomic mass is 15.2. The summed E-state index contributed by atoms with van der Waals surface area (Å²) >= 11 is 0. The monoisotopic (exact) mass is 291 g/mol. The van der Waals surface area contributed by atoms with Crippen LogP contribution in [0.4, 0.5) is 0 Å². The molecule has 0 radical (unpaired) electrons. The van der Waals surface area contributed by atoms with Crippen LogP contribution in [-0.4, -0.2) is 27.5 Å². The van der Waals surface area contributed by atoms with Crippen molar-refractivity contribution in [3.8, 4) is 0 Å². The predicted molar refractivity (Wildman–Crippen MR) is 89.7 cm³/mol. The Kier molecular flexibility index (Phi) is 3.65. The number of imidazole rings is 1. The van der Waals surface area contributed by atoms with Crippen LogP contribution in [0.2, 0.25) is 0 Å². The molecule has 112 valence electrons. The smallest absolute Gasteiger partial charge is 0.0960 e. The first-order valence-corrected chi connectivity index (χ1v) is 8.08. The van der Waals surface area contributed by atoms with E-state index in [1.54, 1.807) is 0 Å². The van der Waals surface area contributed by atoms with E-state index in [9.17, 15) is 0 Å². The summed E-state index contributed by atoms with van der Waals surface area (Å²) in [5, 5.41) is 0. The predicted octanol–water partition coefficient (Wildman–Crippen LogP) is 3.87. The maximum absolute atomic E-state index is 4.53. The van der Waals surface area contributed by atoms with Gasteiger partial charge in [0, 0.05) is 25.7 Å². The molecule has 0 aliphatic carbocycles. The van der Waals surface area contributed by atoms with Crippen LogP contribution in [0.15, 0.2) is 60.9 Å². The minimum atomic E-state index is 0.583. The van der Waals surface area contributed by atoms with E-state index in [-0.39, 0.29) is 0 Å². The lowest BCUT2D eigenvalue weighted by Gasteiger charge is -2.32. The second-order valence-corrected chi connectivity index (χ2v) is 6.13. The number of rotatable bonds is 3. The van der Waals surface area contributed by atoms with Crippen molar-refractivity contribution in [3.05, 3.63) is 66.5 Å². The molecule has 0 amide bonds. The molecule has 22 heavy (non-hydrogen) atoms. The van der Waals surface area contributed by atoms with Crippen molar-refractivity contribution < 1.29 is 0 Å². The summed E-state index contributed by atoms with van der Waals surface area (Å²) in [5.41, 5.74) is 3.78. The molecule has 2 heterocycles. The first kappa shape index (κ1) is 13.5. The average molecular weight is 291 g/mol. The second-order valence-electron chi connectivity index (χ2n) is 6.13. The molecular formula is C19H21N3. The number of piperidine rings is 1. The minimum Gasteiger partial charge on any atom is -0.327 e. The van der Waals surface area contributed by atoms with Crippen LogP contribution in [0.1, 0.15) is 24.4 Å². The lowest BCUT2D eigenvalue weighted by atomic mass is 10.0. The molecule has 1 fully saturated rings. The third-order valence-electron chi connectivity index (χ3n) is 4.68. The van der Waals surface area contributed by atoms with E-state index in [4.69, 9.17) is 0 Å². The molecule has 1 aliphatic rings. The lowest BCUT2D eigenvalue weighted by Crippen LogP contribution is -2.34. The van der Waals surface area contributed by atoms with Crippen molar-refractivity contribution in [1.82, 2.24) is 14.5 Å². The number of para-hydroxylation sites is 2. The molecule has 0 unspecified atom stereocenters. The van der Waals surface area contributed by atoms with Crippen LogP contribution in [0, 0.1) is 0 Å². The van der Waals surface area contributed by atoms with Crippen LogP contribution in [0.25, 0.3) is 11.0 Å². The van der Waals surface area contributed by atoms with Gasteiger partial charge in [-0.15, -0.1) is 0 Å². The van der Waals surface area contributed by atoms with Crippen molar-refractivity contribution in [1.29, 1.82) is 0 Å². The molecule has 0 atom stereocenters. The number of hydrogen-bond acceptors (Lipinski definition) is 2. The molecule has 0 N–H and O–H groups in total. The Hall–Kier alpha value is -2.13. The van der Waals surface area contributed by atoms with Gasteiger partial charge < -0.3 is 4.57 Å². The van der Waals surface area contributed by atoms with Gasteiger partial charge in [0.2, 0.25) is 0 Å². The Morgan fingerprint density at radius 1 is 0.909 bits per heavy atom. The van der Waals surface area contributed by atoms with E-state index in [2.05, 4.69) is 69.0 Å². The summed E-state index contributed by atoms with van der Waals surface area (Å²) in [4.78, 5) is 7.09. The Morgan fingerprint density at radius 3 is 2.45 bits per heavy atom. The number of aromatic nitrogens is 2. The number of fused-ring (bicyclic) bond motifs is 1. The molecule has 3 nitrogen and oxygen atoms in total. The van der Waals surface area contributed by atoms with Crippen molar-refractivity contribution in [2.75, 3.05) is 13.1 Å². The summed E-state index contributed by atoms with van der Waals surface area (Å²) in [6.07, 6.45) is 4.42. The Balaban J connectivity index is 1.43. The van der Waals surface area contributed by atoms with Crippen LogP contribution < -0.4 is 0 Å². The summed E-state index contributed by atoms with van der Waals surface area (Å²) in [7, 11) is 0. The maximum Gasteiger partial charge on any atom is 0.0960 e. The molecule has 3 heteroatoms. The number of benzene rings is 2. The fraction of sp³-hybridized carbons (Fsp3) is 0.316. The summed E-state index contributed by atoms with van der Waals surface area (Å²) in [5.74, 6) is 0. The molecule has 3 aromatic rings. The normalized spacial score (nSPS) is 17.1. The Bertz CT molecular complexity index is 739. The third-order valence-corrected chi connectivity index (χ3v) is 4.68. The molecule has 1 aromatic heterocycles. The summed E-state index contributed by atoms with van der Waals surface area (Å²) < 4.78 is 2.37. The van der Waals surface area contributed by atoms with Crippen LogP contribution >= 0.6 is 0 Å². The van der Waals surface area contributed by atoms with E-state index >= 15 is 0 Å². The van der Waals surface area contributed by atoms with E-state index in [0.717, 1.165) is 25.2 Å². The zero-order chi connectivity index (χ0) is 14.8. The van der Waals surface area contributed by atoms with Gasteiger partial charge in [-0.3, -0.25) is 4.90 Å². The van der Waals surface area contributed by atoms with Crippen LogP contribution in [-0.2, 0) is 6.54 Å². The summed E-state index contributed by atoms with van der Waals surface area (Å²) in [6.45, 7) is 3.39. The van der Waals surface area contributed by atoms with Gasteiger partial charge in [-0.2, -0.15) is 0 Å². The standard InChI is InChI=1S/C19H21N3/c1-2-6-16(7-3-1)14-21-12-10-17(11-13-21)22-15-20-18-8-4-5-9-19(18)22/h1-9,15,17H,10-14H2. The van der Waals surface area contributed by atoms with Gasteiger partial charge in [-0.05, 0) is 30.5 Å². The van der Waals surface area contributed by atoms with Crippen molar-refractivity contribution in [2.24, 2.45) is 0 Å².